The lowest BCUT2D eigenvalue weighted by molar-refractivity contribution is 0.145. The molecular formula is C18H20N4OS. The highest BCUT2D eigenvalue weighted by Gasteiger charge is 2.16. The van der Waals surface area contributed by atoms with Gasteiger partial charge in [0.05, 0.1) is 11.9 Å². The number of thiophene rings is 1. The van der Waals surface area contributed by atoms with Gasteiger partial charge < -0.3 is 9.88 Å². The predicted octanol–water partition coefficient (Wildman–Crippen LogP) is 2.40. The highest BCUT2D eigenvalue weighted by atomic mass is 32.1. The molecule has 124 valence electrons. The van der Waals surface area contributed by atoms with E-state index in [1.165, 1.54) is 0 Å². The molecule has 2 aromatic heterocycles. The van der Waals surface area contributed by atoms with E-state index < -0.39 is 0 Å². The maximum absolute atomic E-state index is 12.4. The zero-order valence-electron chi connectivity index (χ0n) is 13.7. The molecule has 1 fully saturated rings. The second-order valence-electron chi connectivity index (χ2n) is 6.29. The molecule has 4 rings (SSSR count). The monoisotopic (exact) mass is 340 g/mol. The summed E-state index contributed by atoms with van der Waals surface area (Å²) < 4.78 is 0. The molecule has 0 bridgehead atoms. The van der Waals surface area contributed by atoms with E-state index in [9.17, 15) is 4.79 Å². The first kappa shape index (κ1) is 15.5. The second-order valence-corrected chi connectivity index (χ2v) is 7.32. The van der Waals surface area contributed by atoms with Crippen molar-refractivity contribution in [1.29, 1.82) is 0 Å². The Kier molecular flexibility index (Phi) is 4.18. The van der Waals surface area contributed by atoms with Gasteiger partial charge in [-0.3, -0.25) is 9.69 Å². The van der Waals surface area contributed by atoms with Crippen LogP contribution >= 0.6 is 11.3 Å². The van der Waals surface area contributed by atoms with Crippen LogP contribution in [0.2, 0.25) is 0 Å². The molecule has 1 aliphatic heterocycles. The van der Waals surface area contributed by atoms with Gasteiger partial charge in [-0.15, -0.1) is 11.3 Å². The van der Waals surface area contributed by atoms with Crippen molar-refractivity contribution in [2.24, 2.45) is 0 Å². The lowest BCUT2D eigenvalue weighted by Gasteiger charge is -2.31. The fraction of sp³-hybridized carbons (Fsp3) is 0.333. The first-order chi connectivity index (χ1) is 11.7. The quantitative estimate of drug-likeness (QED) is 0.795. The molecule has 24 heavy (non-hydrogen) atoms. The van der Waals surface area contributed by atoms with E-state index >= 15 is 0 Å². The fourth-order valence-electron chi connectivity index (χ4n) is 3.01. The van der Waals surface area contributed by atoms with Gasteiger partial charge in [-0.2, -0.15) is 0 Å². The molecule has 0 saturated carbocycles. The molecule has 6 heteroatoms. The molecule has 1 aliphatic rings. The van der Waals surface area contributed by atoms with Gasteiger partial charge in [-0.25, -0.2) is 4.98 Å². The summed E-state index contributed by atoms with van der Waals surface area (Å²) >= 11 is 1.58. The maximum atomic E-state index is 12.4. The SMILES string of the molecule is CN1CCN(Cc2nc3sc(-c4ccccc4)cc3c(=O)[nH]2)CC1. The number of benzene rings is 1. The lowest BCUT2D eigenvalue weighted by Crippen LogP contribution is -2.44. The van der Waals surface area contributed by atoms with Crippen LogP contribution in [0.25, 0.3) is 20.7 Å². The van der Waals surface area contributed by atoms with Crippen LogP contribution < -0.4 is 5.56 Å². The molecule has 0 radical (unpaired) electrons. The summed E-state index contributed by atoms with van der Waals surface area (Å²) in [6, 6.07) is 12.1. The number of likely N-dealkylation sites (N-methyl/N-ethyl adjacent to an activating group) is 1. The van der Waals surface area contributed by atoms with Crippen molar-refractivity contribution in [2.75, 3.05) is 33.2 Å². The minimum Gasteiger partial charge on any atom is -0.309 e. The van der Waals surface area contributed by atoms with Crippen molar-refractivity contribution in [3.05, 3.63) is 52.6 Å². The van der Waals surface area contributed by atoms with Gasteiger partial charge >= 0.3 is 0 Å². The lowest BCUT2D eigenvalue weighted by atomic mass is 10.2. The number of fused-ring (bicyclic) bond motifs is 1. The minimum atomic E-state index is -0.0393. The van der Waals surface area contributed by atoms with Crippen LogP contribution in [-0.4, -0.2) is 53.0 Å². The van der Waals surface area contributed by atoms with E-state index in [2.05, 4.69) is 34.0 Å². The third-order valence-corrected chi connectivity index (χ3v) is 5.56. The molecule has 0 spiro atoms. The average molecular weight is 340 g/mol. The Morgan fingerprint density at radius 2 is 1.92 bits per heavy atom. The summed E-state index contributed by atoms with van der Waals surface area (Å²) in [6.07, 6.45) is 0. The molecule has 1 aromatic carbocycles. The van der Waals surface area contributed by atoms with E-state index in [4.69, 9.17) is 4.98 Å². The Bertz CT molecular complexity index is 894. The molecular weight excluding hydrogens is 320 g/mol. The van der Waals surface area contributed by atoms with Gasteiger partial charge in [0, 0.05) is 31.1 Å². The minimum absolute atomic E-state index is 0.0393. The number of hydrogen-bond donors (Lipinski definition) is 1. The van der Waals surface area contributed by atoms with Crippen LogP contribution in [0.5, 0.6) is 0 Å². The van der Waals surface area contributed by atoms with E-state index in [1.807, 2.05) is 24.3 Å². The van der Waals surface area contributed by atoms with E-state index in [1.54, 1.807) is 11.3 Å². The van der Waals surface area contributed by atoms with Gasteiger partial charge in [-0.1, -0.05) is 30.3 Å². The van der Waals surface area contributed by atoms with Crippen LogP contribution in [0.3, 0.4) is 0 Å². The number of aromatic nitrogens is 2. The van der Waals surface area contributed by atoms with Crippen molar-refractivity contribution >= 4 is 21.6 Å². The summed E-state index contributed by atoms with van der Waals surface area (Å²) in [5.74, 6) is 0.763. The number of hydrogen-bond acceptors (Lipinski definition) is 5. The summed E-state index contributed by atoms with van der Waals surface area (Å²) in [4.78, 5) is 26.7. The molecule has 0 atom stereocenters. The van der Waals surface area contributed by atoms with Crippen LogP contribution in [-0.2, 0) is 6.54 Å². The average Bonchev–Trinajstić information content (AvgIpc) is 3.03. The normalized spacial score (nSPS) is 16.7. The smallest absolute Gasteiger partial charge is 0.259 e. The van der Waals surface area contributed by atoms with E-state index in [-0.39, 0.29) is 5.56 Å². The van der Waals surface area contributed by atoms with Gasteiger partial charge in [0.25, 0.3) is 5.56 Å². The van der Waals surface area contributed by atoms with Gasteiger partial charge in [0.1, 0.15) is 10.7 Å². The fourth-order valence-corrected chi connectivity index (χ4v) is 4.07. The van der Waals surface area contributed by atoms with Crippen LogP contribution in [0.15, 0.2) is 41.2 Å². The largest absolute Gasteiger partial charge is 0.309 e. The standard InChI is InChI=1S/C18H20N4OS/c1-21-7-9-22(10-8-21)12-16-19-17(23)14-11-15(24-18(14)20-16)13-5-3-2-4-6-13/h2-6,11H,7-10,12H2,1H3,(H,19,20,23). The van der Waals surface area contributed by atoms with Crippen LogP contribution in [0.4, 0.5) is 0 Å². The Labute approximate surface area is 144 Å². The Morgan fingerprint density at radius 3 is 2.67 bits per heavy atom. The second kappa shape index (κ2) is 6.47. The van der Waals surface area contributed by atoms with Crippen molar-refractivity contribution in [2.45, 2.75) is 6.54 Å². The molecule has 1 N–H and O–H groups in total. The number of aromatic amines is 1. The molecule has 0 unspecified atom stereocenters. The number of rotatable bonds is 3. The highest BCUT2D eigenvalue weighted by Crippen LogP contribution is 2.30. The first-order valence-corrected chi connectivity index (χ1v) is 9.00. The van der Waals surface area contributed by atoms with Gasteiger partial charge in [-0.05, 0) is 18.7 Å². The molecule has 5 nitrogen and oxygen atoms in total. The third kappa shape index (κ3) is 3.13. The Balaban J connectivity index is 1.63. The molecule has 3 aromatic rings. The van der Waals surface area contributed by atoms with Crippen molar-refractivity contribution in [3.8, 4) is 10.4 Å². The van der Waals surface area contributed by atoms with Crippen LogP contribution in [0, 0.1) is 0 Å². The van der Waals surface area contributed by atoms with Gasteiger partial charge in [0.15, 0.2) is 0 Å². The first-order valence-electron chi connectivity index (χ1n) is 8.18. The highest BCUT2D eigenvalue weighted by molar-refractivity contribution is 7.21. The summed E-state index contributed by atoms with van der Waals surface area (Å²) in [5.41, 5.74) is 1.09. The predicted molar refractivity (Wildman–Crippen MR) is 98.5 cm³/mol. The molecule has 1 saturated heterocycles. The number of piperazine rings is 1. The van der Waals surface area contributed by atoms with Crippen molar-refractivity contribution < 1.29 is 0 Å². The van der Waals surface area contributed by atoms with Crippen LogP contribution in [0.1, 0.15) is 5.82 Å². The summed E-state index contributed by atoms with van der Waals surface area (Å²) in [5, 5.41) is 0.681. The Hall–Kier alpha value is -2.02. The maximum Gasteiger partial charge on any atom is 0.259 e. The zero-order chi connectivity index (χ0) is 16.5. The topological polar surface area (TPSA) is 52.2 Å². The zero-order valence-corrected chi connectivity index (χ0v) is 14.5. The molecule has 3 heterocycles. The third-order valence-electron chi connectivity index (χ3n) is 4.48. The van der Waals surface area contributed by atoms with E-state index in [0.29, 0.717) is 11.9 Å². The summed E-state index contributed by atoms with van der Waals surface area (Å²) in [6.45, 7) is 4.85. The molecule has 0 amide bonds. The number of nitrogens with one attached hydrogen (secondary N) is 1. The van der Waals surface area contributed by atoms with Crippen molar-refractivity contribution in [3.63, 3.8) is 0 Å². The summed E-state index contributed by atoms with van der Waals surface area (Å²) in [7, 11) is 2.14. The number of H-pyrrole nitrogens is 1. The molecule has 0 aliphatic carbocycles. The Morgan fingerprint density at radius 1 is 1.17 bits per heavy atom. The number of nitrogens with zero attached hydrogens (tertiary/aromatic N) is 3. The van der Waals surface area contributed by atoms with Crippen molar-refractivity contribution in [1.82, 2.24) is 19.8 Å². The van der Waals surface area contributed by atoms with Gasteiger partial charge in [0.2, 0.25) is 0 Å². The van der Waals surface area contributed by atoms with E-state index in [0.717, 1.165) is 47.3 Å².